The molecular weight excluding hydrogens is 246 g/mol. The van der Waals surface area contributed by atoms with E-state index in [0.29, 0.717) is 5.92 Å². The van der Waals surface area contributed by atoms with Crippen molar-refractivity contribution in [3.05, 3.63) is 35.4 Å². The number of rotatable bonds is 2. The van der Waals surface area contributed by atoms with Gasteiger partial charge < -0.3 is 10.5 Å². The number of benzene rings is 1. The van der Waals surface area contributed by atoms with Gasteiger partial charge >= 0.3 is 0 Å². The monoisotopic (exact) mass is 273 g/mol. The molecule has 1 spiro atoms. The van der Waals surface area contributed by atoms with Crippen LogP contribution in [-0.2, 0) is 4.74 Å². The largest absolute Gasteiger partial charge is 0.375 e. The third kappa shape index (κ3) is 2.77. The first kappa shape index (κ1) is 14.1. The van der Waals surface area contributed by atoms with E-state index < -0.39 is 0 Å². The summed E-state index contributed by atoms with van der Waals surface area (Å²) in [6.07, 6.45) is 8.77. The molecule has 3 rings (SSSR count). The highest BCUT2D eigenvalue weighted by molar-refractivity contribution is 5.29. The van der Waals surface area contributed by atoms with Gasteiger partial charge in [0.25, 0.3) is 0 Å². The Hall–Kier alpha value is -0.860. The summed E-state index contributed by atoms with van der Waals surface area (Å²) in [5, 5.41) is 0. The minimum Gasteiger partial charge on any atom is -0.375 e. The van der Waals surface area contributed by atoms with Crippen molar-refractivity contribution >= 4 is 0 Å². The van der Waals surface area contributed by atoms with Crippen molar-refractivity contribution in [1.82, 2.24) is 0 Å². The molecule has 1 aromatic carbocycles. The Bertz CT molecular complexity index is 445. The molecule has 1 saturated heterocycles. The molecule has 1 heterocycles. The maximum atomic E-state index is 6.60. The van der Waals surface area contributed by atoms with Gasteiger partial charge in [-0.25, -0.2) is 0 Å². The van der Waals surface area contributed by atoms with E-state index in [2.05, 4.69) is 31.2 Å². The molecule has 2 heteroatoms. The van der Waals surface area contributed by atoms with Crippen molar-refractivity contribution in [2.75, 3.05) is 6.61 Å². The van der Waals surface area contributed by atoms with E-state index in [1.807, 2.05) is 0 Å². The zero-order valence-electron chi connectivity index (χ0n) is 12.6. The highest BCUT2D eigenvalue weighted by atomic mass is 16.5. The van der Waals surface area contributed by atoms with Crippen molar-refractivity contribution in [3.8, 4) is 0 Å². The summed E-state index contributed by atoms with van der Waals surface area (Å²) in [7, 11) is 0. The average Bonchev–Trinajstić information content (AvgIpc) is 2.48. The Morgan fingerprint density at radius 3 is 2.70 bits per heavy atom. The van der Waals surface area contributed by atoms with Gasteiger partial charge in [-0.15, -0.1) is 0 Å². The van der Waals surface area contributed by atoms with Crippen molar-refractivity contribution in [2.45, 2.75) is 63.5 Å². The standard InChI is InChI=1S/C18H27NO/c1-14-7-3-4-8-16(14)17(19)15-9-12-20-18(13-15)10-5-2-6-11-18/h3-4,7-8,15,17H,2,5-6,9-13,19H2,1H3. The fourth-order valence-electron chi connectivity index (χ4n) is 4.13. The Labute approximate surface area is 122 Å². The molecule has 20 heavy (non-hydrogen) atoms. The molecule has 1 aliphatic heterocycles. The first-order chi connectivity index (χ1) is 9.70. The van der Waals surface area contributed by atoms with E-state index in [9.17, 15) is 0 Å². The maximum absolute atomic E-state index is 6.60. The zero-order chi connectivity index (χ0) is 14.0. The molecule has 2 N–H and O–H groups in total. The zero-order valence-corrected chi connectivity index (χ0v) is 12.6. The van der Waals surface area contributed by atoms with Crippen molar-refractivity contribution in [3.63, 3.8) is 0 Å². The van der Waals surface area contributed by atoms with E-state index in [0.717, 1.165) is 19.4 Å². The number of nitrogens with two attached hydrogens (primary N) is 1. The van der Waals surface area contributed by atoms with Crippen molar-refractivity contribution in [1.29, 1.82) is 0 Å². The molecule has 2 fully saturated rings. The highest BCUT2D eigenvalue weighted by Gasteiger charge is 2.40. The molecule has 110 valence electrons. The van der Waals surface area contributed by atoms with Gasteiger partial charge in [0.2, 0.25) is 0 Å². The Balaban J connectivity index is 1.75. The second kappa shape index (κ2) is 5.87. The Kier molecular flexibility index (Phi) is 4.13. The summed E-state index contributed by atoms with van der Waals surface area (Å²) in [6, 6.07) is 8.74. The molecule has 2 atom stereocenters. The molecule has 2 nitrogen and oxygen atoms in total. The van der Waals surface area contributed by atoms with Crippen LogP contribution in [0.2, 0.25) is 0 Å². The van der Waals surface area contributed by atoms with Crippen LogP contribution in [0.25, 0.3) is 0 Å². The molecule has 0 aromatic heterocycles. The van der Waals surface area contributed by atoms with Crippen LogP contribution in [0.3, 0.4) is 0 Å². The van der Waals surface area contributed by atoms with Gasteiger partial charge in [-0.2, -0.15) is 0 Å². The number of ether oxygens (including phenoxy) is 1. The van der Waals surface area contributed by atoms with E-state index in [4.69, 9.17) is 10.5 Å². The molecule has 1 aromatic rings. The van der Waals surface area contributed by atoms with Crippen LogP contribution in [0, 0.1) is 12.8 Å². The van der Waals surface area contributed by atoms with Gasteiger partial charge in [0.1, 0.15) is 0 Å². The van der Waals surface area contributed by atoms with Crippen LogP contribution < -0.4 is 5.73 Å². The topological polar surface area (TPSA) is 35.2 Å². The lowest BCUT2D eigenvalue weighted by atomic mass is 9.73. The summed E-state index contributed by atoms with van der Waals surface area (Å²) in [5.41, 5.74) is 9.41. The number of hydrogen-bond acceptors (Lipinski definition) is 2. The molecule has 2 aliphatic rings. The SMILES string of the molecule is Cc1ccccc1C(N)C1CCOC2(CCCCC2)C1. The average molecular weight is 273 g/mol. The summed E-state index contributed by atoms with van der Waals surface area (Å²) >= 11 is 0. The Morgan fingerprint density at radius 1 is 1.20 bits per heavy atom. The quantitative estimate of drug-likeness (QED) is 0.879. The molecular formula is C18H27NO. The second-order valence-corrected chi connectivity index (χ2v) is 6.73. The fraction of sp³-hybridized carbons (Fsp3) is 0.667. The normalized spacial score (nSPS) is 27.4. The third-order valence-electron chi connectivity index (χ3n) is 5.35. The van der Waals surface area contributed by atoms with E-state index in [-0.39, 0.29) is 11.6 Å². The minimum atomic E-state index is 0.154. The van der Waals surface area contributed by atoms with Crippen LogP contribution in [0.5, 0.6) is 0 Å². The van der Waals surface area contributed by atoms with Crippen LogP contribution in [0.4, 0.5) is 0 Å². The highest BCUT2D eigenvalue weighted by Crippen LogP contribution is 2.43. The van der Waals surface area contributed by atoms with Crippen molar-refractivity contribution < 1.29 is 4.74 Å². The van der Waals surface area contributed by atoms with Gasteiger partial charge in [-0.3, -0.25) is 0 Å². The molecule has 0 bridgehead atoms. The van der Waals surface area contributed by atoms with Crippen LogP contribution >= 0.6 is 0 Å². The van der Waals surface area contributed by atoms with Gasteiger partial charge in [0.15, 0.2) is 0 Å². The van der Waals surface area contributed by atoms with Gasteiger partial charge in [0, 0.05) is 12.6 Å². The Morgan fingerprint density at radius 2 is 1.95 bits per heavy atom. The van der Waals surface area contributed by atoms with E-state index in [1.54, 1.807) is 0 Å². The van der Waals surface area contributed by atoms with Crippen LogP contribution in [-0.4, -0.2) is 12.2 Å². The lowest BCUT2D eigenvalue weighted by Gasteiger charge is -2.45. The second-order valence-electron chi connectivity index (χ2n) is 6.73. The molecule has 2 unspecified atom stereocenters. The van der Waals surface area contributed by atoms with Crippen LogP contribution in [0.1, 0.15) is 62.1 Å². The molecule has 1 aliphatic carbocycles. The predicted octanol–water partition coefficient (Wildman–Crippen LogP) is 4.12. The summed E-state index contributed by atoms with van der Waals surface area (Å²) < 4.78 is 6.20. The molecule has 1 saturated carbocycles. The third-order valence-corrected chi connectivity index (χ3v) is 5.35. The van der Waals surface area contributed by atoms with E-state index in [1.165, 1.54) is 43.2 Å². The maximum Gasteiger partial charge on any atom is 0.0685 e. The first-order valence-electron chi connectivity index (χ1n) is 8.15. The lowest BCUT2D eigenvalue weighted by molar-refractivity contribution is -0.120. The van der Waals surface area contributed by atoms with Crippen LogP contribution in [0.15, 0.2) is 24.3 Å². The predicted molar refractivity (Wildman–Crippen MR) is 82.6 cm³/mol. The van der Waals surface area contributed by atoms with Crippen molar-refractivity contribution in [2.24, 2.45) is 11.7 Å². The van der Waals surface area contributed by atoms with Gasteiger partial charge in [0.05, 0.1) is 5.60 Å². The summed E-state index contributed by atoms with van der Waals surface area (Å²) in [6.45, 7) is 3.06. The van der Waals surface area contributed by atoms with E-state index >= 15 is 0 Å². The fourth-order valence-corrected chi connectivity index (χ4v) is 4.13. The number of aryl methyl sites for hydroxylation is 1. The van der Waals surface area contributed by atoms with Gasteiger partial charge in [-0.05, 0) is 49.7 Å². The molecule has 0 radical (unpaired) electrons. The smallest absolute Gasteiger partial charge is 0.0685 e. The minimum absolute atomic E-state index is 0.154. The molecule has 0 amide bonds. The first-order valence-corrected chi connectivity index (χ1v) is 8.15. The number of hydrogen-bond donors (Lipinski definition) is 1. The van der Waals surface area contributed by atoms with Gasteiger partial charge in [-0.1, -0.05) is 43.5 Å². The summed E-state index contributed by atoms with van der Waals surface area (Å²) in [5.74, 6) is 0.572. The summed E-state index contributed by atoms with van der Waals surface area (Å²) in [4.78, 5) is 0. The lowest BCUT2D eigenvalue weighted by Crippen LogP contribution is -2.44.